The second-order valence-electron chi connectivity index (χ2n) is 10.0. The molecular weight excluding hydrogens is 468 g/mol. The van der Waals surface area contributed by atoms with Gasteiger partial charge in [0.1, 0.15) is 11.6 Å². The van der Waals surface area contributed by atoms with Gasteiger partial charge in [0.25, 0.3) is 0 Å². The molecule has 2 N–H and O–H groups in total. The first-order valence-corrected chi connectivity index (χ1v) is 12.1. The number of aliphatic hydroxyl groups is 1. The summed E-state index contributed by atoms with van der Waals surface area (Å²) in [5, 5.41) is 13.2. The van der Waals surface area contributed by atoms with Gasteiger partial charge < -0.3 is 24.8 Å². The summed E-state index contributed by atoms with van der Waals surface area (Å²) in [4.78, 5) is 41.6. The third kappa shape index (κ3) is 3.91. The van der Waals surface area contributed by atoms with Gasteiger partial charge in [0.15, 0.2) is 0 Å². The maximum Gasteiger partial charge on any atom is 0.312 e. The number of hydrogen-bond donors (Lipinski definition) is 2. The average molecular weight is 503 g/mol. The van der Waals surface area contributed by atoms with Gasteiger partial charge in [-0.25, -0.2) is 0 Å². The highest BCUT2D eigenvalue weighted by Crippen LogP contribution is 2.60. The third-order valence-corrected chi connectivity index (χ3v) is 7.72. The fourth-order valence-corrected chi connectivity index (χ4v) is 6.43. The van der Waals surface area contributed by atoms with E-state index >= 15 is 0 Å². The van der Waals surface area contributed by atoms with Crippen LogP contribution >= 0.6 is 15.9 Å². The van der Waals surface area contributed by atoms with Gasteiger partial charge in [-0.1, -0.05) is 36.2 Å². The Morgan fingerprint density at radius 3 is 2.55 bits per heavy atom. The molecule has 0 aromatic heterocycles. The molecule has 3 saturated heterocycles. The van der Waals surface area contributed by atoms with Crippen molar-refractivity contribution >= 4 is 33.7 Å². The Bertz CT molecular complexity index is 740. The Hall–Kier alpha value is -1.19. The van der Waals surface area contributed by atoms with Crippen molar-refractivity contribution in [3.63, 3.8) is 0 Å². The summed E-state index contributed by atoms with van der Waals surface area (Å²) in [6.07, 6.45) is 0.629. The maximum absolute atomic E-state index is 13.8. The smallest absolute Gasteiger partial charge is 0.312 e. The number of fused-ring (bicyclic) bond motifs is 1. The van der Waals surface area contributed by atoms with Crippen LogP contribution in [-0.2, 0) is 23.9 Å². The third-order valence-electron chi connectivity index (χ3n) is 6.88. The van der Waals surface area contributed by atoms with E-state index < -0.39 is 47.1 Å². The summed E-state index contributed by atoms with van der Waals surface area (Å²) in [6, 6.07) is -1.48. The monoisotopic (exact) mass is 502 g/mol. The summed E-state index contributed by atoms with van der Waals surface area (Å²) in [6.45, 7) is 11.2. The Labute approximate surface area is 192 Å². The van der Waals surface area contributed by atoms with Crippen LogP contribution in [0.3, 0.4) is 0 Å². The molecule has 9 heteroatoms. The number of nitrogens with one attached hydrogen (secondary N) is 1. The van der Waals surface area contributed by atoms with Gasteiger partial charge in [0.05, 0.1) is 37.2 Å². The summed E-state index contributed by atoms with van der Waals surface area (Å²) in [5.74, 6) is -2.73. The van der Waals surface area contributed by atoms with E-state index in [-0.39, 0.29) is 35.8 Å². The van der Waals surface area contributed by atoms with Crippen molar-refractivity contribution in [3.05, 3.63) is 0 Å². The number of hydrogen-bond acceptors (Lipinski definition) is 6. The quantitative estimate of drug-likeness (QED) is 0.404. The molecule has 1 spiro atoms. The number of aliphatic hydroxyl groups excluding tert-OH is 1. The zero-order valence-electron chi connectivity index (χ0n) is 19.2. The van der Waals surface area contributed by atoms with Gasteiger partial charge in [-0.05, 0) is 40.0 Å². The highest BCUT2D eigenvalue weighted by Gasteiger charge is 2.77. The van der Waals surface area contributed by atoms with Crippen LogP contribution in [0.15, 0.2) is 0 Å². The van der Waals surface area contributed by atoms with Crippen LogP contribution in [0, 0.1) is 17.8 Å². The Morgan fingerprint density at radius 2 is 2.03 bits per heavy atom. The number of ether oxygens (including phenoxy) is 2. The van der Waals surface area contributed by atoms with Gasteiger partial charge in [0, 0.05) is 10.4 Å². The maximum atomic E-state index is 13.8. The van der Waals surface area contributed by atoms with Gasteiger partial charge in [-0.3, -0.25) is 14.4 Å². The number of alkyl halides is 1. The van der Waals surface area contributed by atoms with Crippen molar-refractivity contribution in [1.82, 2.24) is 10.2 Å². The Morgan fingerprint density at radius 1 is 1.39 bits per heavy atom. The number of likely N-dealkylation sites (tertiary alicyclic amines) is 1. The molecule has 3 fully saturated rings. The highest BCUT2D eigenvalue weighted by molar-refractivity contribution is 9.09. The summed E-state index contributed by atoms with van der Waals surface area (Å²) in [5.41, 5.74) is -1.65. The number of halogens is 1. The van der Waals surface area contributed by atoms with Crippen molar-refractivity contribution in [2.75, 3.05) is 13.2 Å². The van der Waals surface area contributed by atoms with Crippen molar-refractivity contribution in [2.24, 2.45) is 17.8 Å². The molecule has 0 aliphatic carbocycles. The first kappa shape index (κ1) is 24.5. The van der Waals surface area contributed by atoms with Crippen LogP contribution in [0.5, 0.6) is 0 Å². The molecule has 176 valence electrons. The normalized spacial score (nSPS) is 36.3. The first-order chi connectivity index (χ1) is 14.4. The minimum atomic E-state index is -1.14. The molecule has 31 heavy (non-hydrogen) atoms. The summed E-state index contributed by atoms with van der Waals surface area (Å²) in [7, 11) is 0. The standard InChI is InChI=1S/C22H35BrN2O6/c1-7-11(3)13(10-26)25-17(18(27)24-21(4,5)6)22-9-12(23)16(31-22)14(15(22)19(25)28)20(29)30-8-2/h11-17,26H,7-10H2,1-6H3,(H,24,27)/t11-,12?,13-,14-,15-,16-,17?,22?/m0/s1. The molecule has 2 bridgehead atoms. The lowest BCUT2D eigenvalue weighted by atomic mass is 9.70. The van der Waals surface area contributed by atoms with Gasteiger partial charge in [-0.15, -0.1) is 0 Å². The molecule has 3 aliphatic rings. The van der Waals surface area contributed by atoms with E-state index in [2.05, 4.69) is 21.2 Å². The van der Waals surface area contributed by atoms with E-state index in [1.54, 1.807) is 6.92 Å². The molecule has 3 aliphatic heterocycles. The van der Waals surface area contributed by atoms with Crippen LogP contribution in [0.1, 0.15) is 54.4 Å². The number of carbonyl (C=O) groups is 3. The van der Waals surface area contributed by atoms with E-state index in [0.29, 0.717) is 6.42 Å². The minimum Gasteiger partial charge on any atom is -0.466 e. The van der Waals surface area contributed by atoms with Gasteiger partial charge >= 0.3 is 5.97 Å². The minimum absolute atomic E-state index is 0.0351. The Balaban J connectivity index is 2.11. The predicted octanol–water partition coefficient (Wildman–Crippen LogP) is 1.62. The molecule has 0 radical (unpaired) electrons. The summed E-state index contributed by atoms with van der Waals surface area (Å²) >= 11 is 3.62. The molecular formula is C22H35BrN2O6. The van der Waals surface area contributed by atoms with E-state index in [4.69, 9.17) is 9.47 Å². The van der Waals surface area contributed by atoms with Crippen molar-refractivity contribution in [3.8, 4) is 0 Å². The predicted molar refractivity (Wildman–Crippen MR) is 117 cm³/mol. The van der Waals surface area contributed by atoms with E-state index in [0.717, 1.165) is 6.42 Å². The molecule has 0 aromatic carbocycles. The Kier molecular flexibility index (Phi) is 6.81. The van der Waals surface area contributed by atoms with Crippen molar-refractivity contribution in [2.45, 2.75) is 88.5 Å². The number of rotatable bonds is 7. The van der Waals surface area contributed by atoms with Crippen molar-refractivity contribution < 1.29 is 29.0 Å². The van der Waals surface area contributed by atoms with Crippen LogP contribution < -0.4 is 5.32 Å². The molecule has 3 unspecified atom stereocenters. The zero-order valence-corrected chi connectivity index (χ0v) is 20.8. The van der Waals surface area contributed by atoms with Gasteiger partial charge in [0.2, 0.25) is 11.8 Å². The van der Waals surface area contributed by atoms with E-state index in [1.165, 1.54) is 4.90 Å². The second-order valence-corrected chi connectivity index (χ2v) is 11.2. The molecule has 8 atom stereocenters. The topological polar surface area (TPSA) is 105 Å². The van der Waals surface area contributed by atoms with Crippen LogP contribution in [0.2, 0.25) is 0 Å². The average Bonchev–Trinajstić information content (AvgIpc) is 3.25. The number of amides is 2. The lowest BCUT2D eigenvalue weighted by molar-refractivity contribution is -0.155. The number of carbonyl (C=O) groups excluding carboxylic acids is 3. The molecule has 3 rings (SSSR count). The zero-order chi connectivity index (χ0) is 23.3. The van der Waals surface area contributed by atoms with E-state index in [9.17, 15) is 19.5 Å². The van der Waals surface area contributed by atoms with Crippen LogP contribution in [0.4, 0.5) is 0 Å². The fraction of sp³-hybridized carbons (Fsp3) is 0.864. The largest absolute Gasteiger partial charge is 0.466 e. The molecule has 8 nitrogen and oxygen atoms in total. The highest BCUT2D eigenvalue weighted by atomic mass is 79.9. The number of nitrogens with zero attached hydrogens (tertiary/aromatic N) is 1. The van der Waals surface area contributed by atoms with Gasteiger partial charge in [-0.2, -0.15) is 0 Å². The lowest BCUT2D eigenvalue weighted by Gasteiger charge is -2.40. The van der Waals surface area contributed by atoms with Crippen LogP contribution in [0.25, 0.3) is 0 Å². The number of esters is 1. The molecule has 0 saturated carbocycles. The summed E-state index contributed by atoms with van der Waals surface area (Å²) < 4.78 is 11.7. The first-order valence-electron chi connectivity index (χ1n) is 11.2. The second kappa shape index (κ2) is 8.63. The molecule has 0 aromatic rings. The van der Waals surface area contributed by atoms with Crippen LogP contribution in [-0.4, -0.2) is 75.2 Å². The molecule has 3 heterocycles. The lowest BCUT2D eigenvalue weighted by Crippen LogP contribution is -2.61. The fourth-order valence-electron chi connectivity index (χ4n) is 5.48. The van der Waals surface area contributed by atoms with E-state index in [1.807, 2.05) is 34.6 Å². The SMILES string of the molecule is CCOC(=O)[C@H]1[C@H]2C(=O)N([C@@H](CO)[C@@H](C)CC)C(C(=O)NC(C)(C)C)C23CC(Br)[C@@H]1O3. The van der Waals surface area contributed by atoms with Crippen molar-refractivity contribution in [1.29, 1.82) is 0 Å². The molecule has 2 amide bonds.